The van der Waals surface area contributed by atoms with Gasteiger partial charge in [-0.2, -0.15) is 0 Å². The molecule has 1 unspecified atom stereocenters. The first kappa shape index (κ1) is 14.5. The van der Waals surface area contributed by atoms with E-state index in [1.807, 2.05) is 6.07 Å². The predicted octanol–water partition coefficient (Wildman–Crippen LogP) is 4.73. The summed E-state index contributed by atoms with van der Waals surface area (Å²) in [4.78, 5) is 2.53. The number of hydrogen-bond donors (Lipinski definition) is 0. The van der Waals surface area contributed by atoms with Crippen molar-refractivity contribution < 1.29 is 4.39 Å². The fourth-order valence-electron chi connectivity index (χ4n) is 2.59. The van der Waals surface area contributed by atoms with Gasteiger partial charge in [-0.1, -0.05) is 44.3 Å². The normalized spacial score (nSPS) is 21.2. The van der Waals surface area contributed by atoms with Crippen molar-refractivity contribution in [2.24, 2.45) is 0 Å². The van der Waals surface area contributed by atoms with Crippen LogP contribution in [0.1, 0.15) is 31.2 Å². The maximum atomic E-state index is 13.1. The van der Waals surface area contributed by atoms with Gasteiger partial charge in [0.1, 0.15) is 5.82 Å². The van der Waals surface area contributed by atoms with Crippen LogP contribution in [0.15, 0.2) is 22.7 Å². The minimum Gasteiger partial charge on any atom is -0.296 e. The molecule has 4 heteroatoms. The summed E-state index contributed by atoms with van der Waals surface area (Å²) < 4.78 is 14.0. The van der Waals surface area contributed by atoms with Crippen molar-refractivity contribution in [3.63, 3.8) is 0 Å². The first-order chi connectivity index (χ1) is 8.70. The number of hydrogen-bond acceptors (Lipinski definition) is 1. The van der Waals surface area contributed by atoms with E-state index in [2.05, 4.69) is 36.8 Å². The van der Waals surface area contributed by atoms with Crippen molar-refractivity contribution in [2.45, 2.75) is 38.3 Å². The zero-order valence-electron chi connectivity index (χ0n) is 10.3. The second-order valence-corrected chi connectivity index (χ2v) is 6.48. The highest BCUT2D eigenvalue weighted by Gasteiger charge is 2.22. The molecule has 1 aromatic carbocycles. The van der Waals surface area contributed by atoms with Gasteiger partial charge in [0.05, 0.1) is 0 Å². The first-order valence-electron chi connectivity index (χ1n) is 6.44. The molecule has 0 saturated carbocycles. The summed E-state index contributed by atoms with van der Waals surface area (Å²) in [5.74, 6) is -0.179. The first-order valence-corrected chi connectivity index (χ1v) is 8.36. The standard InChI is InChI=1S/C14H18Br2FN/c15-7-6-13-3-1-2-8-18(13)10-11-4-5-12(17)9-14(11)16/h4-5,9,13H,1-3,6-8,10H2. The molecule has 2 rings (SSSR count). The number of halogens is 3. The van der Waals surface area contributed by atoms with Gasteiger partial charge in [-0.3, -0.25) is 4.90 Å². The molecule has 1 aliphatic heterocycles. The Balaban J connectivity index is 2.06. The smallest absolute Gasteiger partial charge is 0.124 e. The third-order valence-electron chi connectivity index (χ3n) is 3.58. The van der Waals surface area contributed by atoms with Crippen LogP contribution in [-0.4, -0.2) is 22.8 Å². The third-order valence-corrected chi connectivity index (χ3v) is 4.78. The molecule has 1 atom stereocenters. The van der Waals surface area contributed by atoms with E-state index in [1.165, 1.54) is 31.2 Å². The van der Waals surface area contributed by atoms with E-state index in [4.69, 9.17) is 0 Å². The molecule has 0 radical (unpaired) electrons. The Morgan fingerprint density at radius 3 is 2.89 bits per heavy atom. The van der Waals surface area contributed by atoms with Crippen molar-refractivity contribution in [3.8, 4) is 0 Å². The van der Waals surface area contributed by atoms with Crippen molar-refractivity contribution in [1.82, 2.24) is 4.90 Å². The number of rotatable bonds is 4. The molecule has 1 saturated heterocycles. The van der Waals surface area contributed by atoms with E-state index in [9.17, 15) is 4.39 Å². The zero-order valence-corrected chi connectivity index (χ0v) is 13.5. The lowest BCUT2D eigenvalue weighted by Crippen LogP contribution is -2.39. The van der Waals surface area contributed by atoms with Crippen LogP contribution in [0.25, 0.3) is 0 Å². The van der Waals surface area contributed by atoms with Crippen molar-refractivity contribution in [1.29, 1.82) is 0 Å². The highest BCUT2D eigenvalue weighted by Crippen LogP contribution is 2.25. The number of piperidine rings is 1. The van der Waals surface area contributed by atoms with Gasteiger partial charge in [-0.05, 0) is 43.5 Å². The summed E-state index contributed by atoms with van der Waals surface area (Å²) in [5.41, 5.74) is 1.18. The molecule has 0 amide bonds. The molecule has 1 aliphatic rings. The van der Waals surface area contributed by atoms with E-state index in [-0.39, 0.29) is 5.82 Å². The van der Waals surface area contributed by atoms with Gasteiger partial charge in [0.15, 0.2) is 0 Å². The molecular formula is C14H18Br2FN. The fourth-order valence-corrected chi connectivity index (χ4v) is 3.59. The van der Waals surface area contributed by atoms with Crippen molar-refractivity contribution >= 4 is 31.9 Å². The molecule has 1 aromatic rings. The van der Waals surface area contributed by atoms with Crippen LogP contribution >= 0.6 is 31.9 Å². The van der Waals surface area contributed by atoms with Crippen LogP contribution in [-0.2, 0) is 6.54 Å². The van der Waals surface area contributed by atoms with E-state index in [0.29, 0.717) is 6.04 Å². The molecule has 1 heterocycles. The monoisotopic (exact) mass is 377 g/mol. The molecule has 100 valence electrons. The Bertz CT molecular complexity index is 395. The van der Waals surface area contributed by atoms with E-state index < -0.39 is 0 Å². The van der Waals surface area contributed by atoms with Crippen LogP contribution < -0.4 is 0 Å². The average Bonchev–Trinajstić information content (AvgIpc) is 2.35. The van der Waals surface area contributed by atoms with Crippen LogP contribution in [0.5, 0.6) is 0 Å². The molecule has 18 heavy (non-hydrogen) atoms. The summed E-state index contributed by atoms with van der Waals surface area (Å²) in [6, 6.07) is 5.65. The van der Waals surface area contributed by atoms with Gasteiger partial charge in [0.25, 0.3) is 0 Å². The Hall–Kier alpha value is 0.0700. The summed E-state index contributed by atoms with van der Waals surface area (Å²) in [5, 5.41) is 1.05. The summed E-state index contributed by atoms with van der Waals surface area (Å²) in [7, 11) is 0. The topological polar surface area (TPSA) is 3.24 Å². The maximum Gasteiger partial charge on any atom is 0.124 e. The zero-order chi connectivity index (χ0) is 13.0. The van der Waals surface area contributed by atoms with Gasteiger partial charge >= 0.3 is 0 Å². The Morgan fingerprint density at radius 2 is 2.17 bits per heavy atom. The molecule has 1 nitrogen and oxygen atoms in total. The van der Waals surface area contributed by atoms with E-state index in [0.717, 1.165) is 22.9 Å². The van der Waals surface area contributed by atoms with Gasteiger partial charge in [0.2, 0.25) is 0 Å². The average molecular weight is 379 g/mol. The van der Waals surface area contributed by atoms with Crippen molar-refractivity contribution in [3.05, 3.63) is 34.1 Å². The highest BCUT2D eigenvalue weighted by atomic mass is 79.9. The van der Waals surface area contributed by atoms with E-state index >= 15 is 0 Å². The van der Waals surface area contributed by atoms with Gasteiger partial charge in [-0.15, -0.1) is 0 Å². The quantitative estimate of drug-likeness (QED) is 0.684. The summed E-state index contributed by atoms with van der Waals surface area (Å²) >= 11 is 6.99. The molecular weight excluding hydrogens is 361 g/mol. The number of benzene rings is 1. The molecule has 1 fully saturated rings. The van der Waals surface area contributed by atoms with Crippen LogP contribution in [0, 0.1) is 5.82 Å². The van der Waals surface area contributed by atoms with Gasteiger partial charge in [-0.25, -0.2) is 4.39 Å². The molecule has 0 aliphatic carbocycles. The predicted molar refractivity (Wildman–Crippen MR) is 80.6 cm³/mol. The Morgan fingerprint density at radius 1 is 1.33 bits per heavy atom. The third kappa shape index (κ3) is 3.78. The largest absolute Gasteiger partial charge is 0.296 e. The van der Waals surface area contributed by atoms with Crippen molar-refractivity contribution in [2.75, 3.05) is 11.9 Å². The number of nitrogens with zero attached hydrogens (tertiary/aromatic N) is 1. The molecule has 0 bridgehead atoms. The lowest BCUT2D eigenvalue weighted by molar-refractivity contribution is 0.137. The highest BCUT2D eigenvalue weighted by molar-refractivity contribution is 9.10. The van der Waals surface area contributed by atoms with Crippen LogP contribution in [0.4, 0.5) is 4.39 Å². The van der Waals surface area contributed by atoms with Crippen LogP contribution in [0.2, 0.25) is 0 Å². The molecule has 0 spiro atoms. The van der Waals surface area contributed by atoms with Crippen LogP contribution in [0.3, 0.4) is 0 Å². The van der Waals surface area contributed by atoms with Gasteiger partial charge < -0.3 is 0 Å². The number of likely N-dealkylation sites (tertiary alicyclic amines) is 1. The Labute approximate surface area is 125 Å². The summed E-state index contributed by atoms with van der Waals surface area (Å²) in [6.45, 7) is 2.07. The SMILES string of the molecule is Fc1ccc(CN2CCCCC2CCBr)c(Br)c1. The minimum absolute atomic E-state index is 0.179. The van der Waals surface area contributed by atoms with Gasteiger partial charge in [0, 0.05) is 22.4 Å². The fraction of sp³-hybridized carbons (Fsp3) is 0.571. The molecule has 0 aromatic heterocycles. The Kier molecular flexibility index (Phi) is 5.64. The molecule has 0 N–H and O–H groups in total. The summed E-state index contributed by atoms with van der Waals surface area (Å²) in [6.07, 6.45) is 5.08. The lowest BCUT2D eigenvalue weighted by atomic mass is 9.99. The second kappa shape index (κ2) is 7.01. The number of alkyl halides is 1. The minimum atomic E-state index is -0.179. The second-order valence-electron chi connectivity index (χ2n) is 4.83. The van der Waals surface area contributed by atoms with E-state index in [1.54, 1.807) is 12.1 Å². The lowest BCUT2D eigenvalue weighted by Gasteiger charge is -2.35. The maximum absolute atomic E-state index is 13.1.